The molecule has 0 saturated carbocycles. The largest absolute Gasteiger partial charge is 0.294 e. The SMILES string of the molecule is CC(=O)c1ccccc1-n1ncnn1.CCC. The summed E-state index contributed by atoms with van der Waals surface area (Å²) >= 11 is 0. The van der Waals surface area contributed by atoms with Crippen molar-refractivity contribution < 1.29 is 4.79 Å². The minimum Gasteiger partial charge on any atom is -0.294 e. The first-order valence-corrected chi connectivity index (χ1v) is 5.54. The molecule has 0 fully saturated rings. The summed E-state index contributed by atoms with van der Waals surface area (Å²) in [7, 11) is 0. The second-order valence-electron chi connectivity index (χ2n) is 3.51. The smallest absolute Gasteiger partial charge is 0.162 e. The fourth-order valence-electron chi connectivity index (χ4n) is 1.22. The lowest BCUT2D eigenvalue weighted by atomic mass is 10.1. The predicted molar refractivity (Wildman–Crippen MR) is 65.1 cm³/mol. The highest BCUT2D eigenvalue weighted by molar-refractivity contribution is 5.97. The molecule has 0 aliphatic carbocycles. The molecule has 0 saturated heterocycles. The van der Waals surface area contributed by atoms with Crippen LogP contribution < -0.4 is 0 Å². The molecule has 0 aliphatic rings. The van der Waals surface area contributed by atoms with Gasteiger partial charge in [0.1, 0.15) is 0 Å². The first kappa shape index (κ1) is 13.0. The fraction of sp³-hybridized carbons (Fsp3) is 0.333. The number of para-hydroxylation sites is 1. The normalized spacial score (nSPS) is 9.35. The summed E-state index contributed by atoms with van der Waals surface area (Å²) in [5, 5.41) is 11.2. The van der Waals surface area contributed by atoms with Gasteiger partial charge in [0.05, 0.1) is 5.69 Å². The average Bonchev–Trinajstić information content (AvgIpc) is 2.83. The molecule has 0 bridgehead atoms. The maximum atomic E-state index is 11.3. The van der Waals surface area contributed by atoms with Gasteiger partial charge in [0.25, 0.3) is 0 Å². The van der Waals surface area contributed by atoms with Crippen molar-refractivity contribution in [1.82, 2.24) is 20.2 Å². The molecule has 2 rings (SSSR count). The molecule has 2 aromatic rings. The van der Waals surface area contributed by atoms with E-state index in [0.717, 1.165) is 0 Å². The number of tetrazole rings is 1. The number of nitrogens with zero attached hydrogens (tertiary/aromatic N) is 4. The highest BCUT2D eigenvalue weighted by atomic mass is 16.1. The van der Waals surface area contributed by atoms with Crippen LogP contribution in [-0.2, 0) is 0 Å². The number of ketones is 1. The van der Waals surface area contributed by atoms with Gasteiger partial charge in [0.2, 0.25) is 0 Å². The number of carbonyl (C=O) groups excluding carboxylic acids is 1. The van der Waals surface area contributed by atoms with Crippen LogP contribution in [0.25, 0.3) is 5.69 Å². The quantitative estimate of drug-likeness (QED) is 0.745. The number of rotatable bonds is 2. The van der Waals surface area contributed by atoms with Gasteiger partial charge in [-0.3, -0.25) is 4.79 Å². The number of hydrogen-bond acceptors (Lipinski definition) is 4. The van der Waals surface area contributed by atoms with E-state index in [1.165, 1.54) is 24.5 Å². The Kier molecular flexibility index (Phi) is 5.00. The van der Waals surface area contributed by atoms with Crippen LogP contribution in [0.4, 0.5) is 0 Å². The summed E-state index contributed by atoms with van der Waals surface area (Å²) in [6.45, 7) is 5.76. The van der Waals surface area contributed by atoms with Crippen molar-refractivity contribution in [2.24, 2.45) is 0 Å². The molecule has 0 amide bonds. The Hall–Kier alpha value is -2.04. The summed E-state index contributed by atoms with van der Waals surface area (Å²) in [5.74, 6) is -0.0158. The molecule has 0 atom stereocenters. The zero-order valence-electron chi connectivity index (χ0n) is 10.3. The van der Waals surface area contributed by atoms with E-state index in [1.807, 2.05) is 6.07 Å². The van der Waals surface area contributed by atoms with Crippen LogP contribution in [0.1, 0.15) is 37.6 Å². The van der Waals surface area contributed by atoms with Crippen molar-refractivity contribution in [1.29, 1.82) is 0 Å². The topological polar surface area (TPSA) is 60.7 Å². The van der Waals surface area contributed by atoms with Gasteiger partial charge in [-0.2, -0.15) is 0 Å². The number of hydrogen-bond donors (Lipinski definition) is 0. The molecule has 1 aromatic carbocycles. The van der Waals surface area contributed by atoms with Gasteiger partial charge < -0.3 is 0 Å². The molecule has 0 radical (unpaired) electrons. The lowest BCUT2D eigenvalue weighted by Gasteiger charge is -2.03. The molecule has 5 nitrogen and oxygen atoms in total. The molecular formula is C12H16N4O. The van der Waals surface area contributed by atoms with Gasteiger partial charge in [-0.1, -0.05) is 32.4 Å². The maximum Gasteiger partial charge on any atom is 0.162 e. The summed E-state index contributed by atoms with van der Waals surface area (Å²) in [6, 6.07) is 7.14. The molecule has 1 aromatic heterocycles. The number of aromatic nitrogens is 4. The van der Waals surface area contributed by atoms with Crippen LogP contribution in [0.5, 0.6) is 0 Å². The molecule has 17 heavy (non-hydrogen) atoms. The zero-order chi connectivity index (χ0) is 12.7. The Morgan fingerprint density at radius 1 is 1.29 bits per heavy atom. The van der Waals surface area contributed by atoms with Gasteiger partial charge in [-0.15, -0.1) is 15.0 Å². The number of carbonyl (C=O) groups is 1. The molecule has 5 heteroatoms. The van der Waals surface area contributed by atoms with Crippen LogP contribution in [0.2, 0.25) is 0 Å². The average molecular weight is 232 g/mol. The Bertz CT molecular complexity index is 465. The van der Waals surface area contributed by atoms with Crippen LogP contribution in [0.15, 0.2) is 30.6 Å². The first-order valence-electron chi connectivity index (χ1n) is 5.54. The molecule has 0 N–H and O–H groups in total. The van der Waals surface area contributed by atoms with Crippen molar-refractivity contribution >= 4 is 5.78 Å². The highest BCUT2D eigenvalue weighted by Crippen LogP contribution is 2.11. The standard InChI is InChI=1S/C9H8N4O.C3H8/c1-7(14)8-4-2-3-5-9(8)13-11-6-10-12-13;1-3-2/h2-6H,1H3;3H2,1-2H3. The Labute approximate surface area is 100 Å². The van der Waals surface area contributed by atoms with E-state index in [-0.39, 0.29) is 5.78 Å². The summed E-state index contributed by atoms with van der Waals surface area (Å²) in [4.78, 5) is 12.6. The molecule has 0 spiro atoms. The molecule has 90 valence electrons. The second-order valence-corrected chi connectivity index (χ2v) is 3.51. The van der Waals surface area contributed by atoms with E-state index in [9.17, 15) is 4.79 Å². The Morgan fingerprint density at radius 2 is 1.94 bits per heavy atom. The molecule has 1 heterocycles. The van der Waals surface area contributed by atoms with Gasteiger partial charge in [0.15, 0.2) is 12.1 Å². The van der Waals surface area contributed by atoms with E-state index in [4.69, 9.17) is 0 Å². The first-order chi connectivity index (χ1) is 8.20. The molecular weight excluding hydrogens is 216 g/mol. The van der Waals surface area contributed by atoms with Crippen molar-refractivity contribution in [3.63, 3.8) is 0 Å². The third-order valence-corrected chi connectivity index (χ3v) is 1.85. The van der Waals surface area contributed by atoms with Crippen LogP contribution in [0.3, 0.4) is 0 Å². The molecule has 0 unspecified atom stereocenters. The zero-order valence-corrected chi connectivity index (χ0v) is 10.3. The van der Waals surface area contributed by atoms with Crippen molar-refractivity contribution in [2.45, 2.75) is 27.2 Å². The third-order valence-electron chi connectivity index (χ3n) is 1.85. The van der Waals surface area contributed by atoms with E-state index in [2.05, 4.69) is 29.3 Å². The van der Waals surface area contributed by atoms with Gasteiger partial charge >= 0.3 is 0 Å². The number of benzene rings is 1. The predicted octanol–water partition coefficient (Wildman–Crippen LogP) is 2.28. The van der Waals surface area contributed by atoms with Crippen molar-refractivity contribution in [2.75, 3.05) is 0 Å². The minimum atomic E-state index is -0.0158. The van der Waals surface area contributed by atoms with Crippen molar-refractivity contribution in [3.8, 4) is 5.69 Å². The van der Waals surface area contributed by atoms with Gasteiger partial charge in [-0.05, 0) is 24.3 Å². The molecule has 0 aliphatic heterocycles. The Morgan fingerprint density at radius 3 is 2.47 bits per heavy atom. The second kappa shape index (κ2) is 6.52. The maximum absolute atomic E-state index is 11.3. The fourth-order valence-corrected chi connectivity index (χ4v) is 1.22. The van der Waals surface area contributed by atoms with Crippen LogP contribution in [-0.4, -0.2) is 26.0 Å². The van der Waals surface area contributed by atoms with E-state index < -0.39 is 0 Å². The van der Waals surface area contributed by atoms with Gasteiger partial charge in [0, 0.05) is 5.56 Å². The van der Waals surface area contributed by atoms with Crippen LogP contribution >= 0.6 is 0 Å². The summed E-state index contributed by atoms with van der Waals surface area (Å²) in [5.41, 5.74) is 1.24. The van der Waals surface area contributed by atoms with E-state index >= 15 is 0 Å². The van der Waals surface area contributed by atoms with Crippen LogP contribution in [0, 0.1) is 0 Å². The third kappa shape index (κ3) is 3.48. The minimum absolute atomic E-state index is 0.0158. The lowest BCUT2D eigenvalue weighted by molar-refractivity contribution is 0.101. The highest BCUT2D eigenvalue weighted by Gasteiger charge is 2.08. The van der Waals surface area contributed by atoms with E-state index in [0.29, 0.717) is 11.3 Å². The Balaban J connectivity index is 0.000000437. The lowest BCUT2D eigenvalue weighted by Crippen LogP contribution is -2.05. The monoisotopic (exact) mass is 232 g/mol. The summed E-state index contributed by atoms with van der Waals surface area (Å²) < 4.78 is 0. The van der Waals surface area contributed by atoms with E-state index in [1.54, 1.807) is 18.2 Å². The van der Waals surface area contributed by atoms with Crippen molar-refractivity contribution in [3.05, 3.63) is 36.2 Å². The summed E-state index contributed by atoms with van der Waals surface area (Å²) in [6.07, 6.45) is 2.58. The number of Topliss-reactive ketones (excluding diaryl/α,β-unsaturated/α-hetero) is 1. The van der Waals surface area contributed by atoms with Gasteiger partial charge in [-0.25, -0.2) is 0 Å².